The lowest BCUT2D eigenvalue weighted by Crippen LogP contribution is -2.52. The van der Waals surface area contributed by atoms with Gasteiger partial charge in [-0.1, -0.05) is 85.1 Å². The molecule has 0 spiro atoms. The van der Waals surface area contributed by atoms with E-state index in [4.69, 9.17) is 4.74 Å². The number of hydrogen-bond acceptors (Lipinski definition) is 5. The van der Waals surface area contributed by atoms with Crippen molar-refractivity contribution in [2.24, 2.45) is 0 Å². The van der Waals surface area contributed by atoms with Crippen molar-refractivity contribution in [2.45, 2.75) is 70.5 Å². The molecule has 2 amide bonds. The van der Waals surface area contributed by atoms with Crippen LogP contribution in [0.25, 0.3) is 0 Å². The largest absolute Gasteiger partial charge is 0.495 e. The molecule has 0 aliphatic heterocycles. The summed E-state index contributed by atoms with van der Waals surface area (Å²) in [5, 5.41) is 3.22. The van der Waals surface area contributed by atoms with Crippen LogP contribution >= 0.6 is 0 Å². The normalized spacial score (nSPS) is 14.2. The van der Waals surface area contributed by atoms with Crippen molar-refractivity contribution in [3.05, 3.63) is 95.6 Å². The Morgan fingerprint density at radius 3 is 2.23 bits per heavy atom. The standard InChI is InChI=1S/C34H43N3O5S/c1-26-19-21-28(22-20-26)25-36(31(24-27-12-5-4-6-13-27)34(39)35-29-14-7-8-15-29)33(38)18-11-23-37(43(3,40)41)30-16-9-10-17-32(30)42-2/h4-6,9-10,12-13,16-17,19-22,29,31H,7-8,11,14-15,18,23-25H2,1-3H3,(H,35,39)/t31-/m1/s1. The average Bonchev–Trinajstić information content (AvgIpc) is 3.51. The second-order valence-corrected chi connectivity index (χ2v) is 13.2. The number of anilines is 1. The minimum Gasteiger partial charge on any atom is -0.495 e. The molecule has 1 atom stereocenters. The highest BCUT2D eigenvalue weighted by molar-refractivity contribution is 7.92. The SMILES string of the molecule is COc1ccccc1N(CCCC(=O)N(Cc1ccc(C)cc1)[C@H](Cc1ccccc1)C(=O)NC1CCCC1)S(C)(=O)=O. The number of aryl methyl sites for hydroxylation is 1. The van der Waals surface area contributed by atoms with Crippen molar-refractivity contribution in [1.82, 2.24) is 10.2 Å². The van der Waals surface area contributed by atoms with E-state index in [1.54, 1.807) is 29.2 Å². The second kappa shape index (κ2) is 15.0. The van der Waals surface area contributed by atoms with Crippen LogP contribution in [0.15, 0.2) is 78.9 Å². The van der Waals surface area contributed by atoms with Crippen LogP contribution in [0.2, 0.25) is 0 Å². The molecule has 1 N–H and O–H groups in total. The smallest absolute Gasteiger partial charge is 0.243 e. The minimum absolute atomic E-state index is 0.0784. The first-order valence-corrected chi connectivity index (χ1v) is 16.8. The lowest BCUT2D eigenvalue weighted by Gasteiger charge is -2.33. The summed E-state index contributed by atoms with van der Waals surface area (Å²) in [5.74, 6) is 0.0892. The van der Waals surface area contributed by atoms with Gasteiger partial charge in [0, 0.05) is 32.0 Å². The Hall–Kier alpha value is -3.85. The van der Waals surface area contributed by atoms with Gasteiger partial charge in [0.05, 0.1) is 19.1 Å². The fraction of sp³-hybridized carbons (Fsp3) is 0.412. The summed E-state index contributed by atoms with van der Waals surface area (Å²) in [7, 11) is -2.15. The van der Waals surface area contributed by atoms with Gasteiger partial charge in [-0.15, -0.1) is 0 Å². The van der Waals surface area contributed by atoms with Gasteiger partial charge < -0.3 is 15.0 Å². The van der Waals surface area contributed by atoms with Crippen molar-refractivity contribution < 1.29 is 22.7 Å². The Labute approximate surface area is 256 Å². The number of benzene rings is 3. The molecular weight excluding hydrogens is 562 g/mol. The van der Waals surface area contributed by atoms with Gasteiger partial charge in [-0.2, -0.15) is 0 Å². The number of carbonyl (C=O) groups excluding carboxylic acids is 2. The number of para-hydroxylation sites is 2. The number of nitrogens with zero attached hydrogens (tertiary/aromatic N) is 2. The molecular formula is C34H43N3O5S. The number of rotatable bonds is 14. The molecule has 1 aliphatic rings. The van der Waals surface area contributed by atoms with E-state index in [2.05, 4.69) is 5.32 Å². The van der Waals surface area contributed by atoms with E-state index in [9.17, 15) is 18.0 Å². The molecule has 43 heavy (non-hydrogen) atoms. The summed E-state index contributed by atoms with van der Waals surface area (Å²) in [6.45, 7) is 2.38. The van der Waals surface area contributed by atoms with Gasteiger partial charge >= 0.3 is 0 Å². The quantitative estimate of drug-likeness (QED) is 0.271. The van der Waals surface area contributed by atoms with E-state index in [0.29, 0.717) is 17.9 Å². The molecule has 0 saturated heterocycles. The topological polar surface area (TPSA) is 96.0 Å². The average molecular weight is 606 g/mol. The number of nitrogens with one attached hydrogen (secondary N) is 1. The predicted molar refractivity (Wildman–Crippen MR) is 170 cm³/mol. The Kier molecular flexibility index (Phi) is 11.2. The van der Waals surface area contributed by atoms with Gasteiger partial charge in [-0.05, 0) is 49.4 Å². The summed E-state index contributed by atoms with van der Waals surface area (Å²) in [6, 6.07) is 24.0. The van der Waals surface area contributed by atoms with E-state index in [1.165, 1.54) is 11.4 Å². The van der Waals surface area contributed by atoms with E-state index >= 15 is 0 Å². The van der Waals surface area contributed by atoms with Gasteiger partial charge in [0.1, 0.15) is 11.8 Å². The van der Waals surface area contributed by atoms with Crippen molar-refractivity contribution >= 4 is 27.5 Å². The number of amides is 2. The molecule has 4 rings (SSSR count). The molecule has 230 valence electrons. The fourth-order valence-corrected chi connectivity index (χ4v) is 6.60. The molecule has 0 aromatic heterocycles. The van der Waals surface area contributed by atoms with Crippen molar-refractivity contribution in [2.75, 3.05) is 24.2 Å². The maximum Gasteiger partial charge on any atom is 0.243 e. The number of methoxy groups -OCH3 is 1. The molecule has 0 bridgehead atoms. The van der Waals surface area contributed by atoms with Crippen LogP contribution in [-0.2, 0) is 32.6 Å². The molecule has 3 aromatic rings. The van der Waals surface area contributed by atoms with Crippen LogP contribution in [0.4, 0.5) is 5.69 Å². The number of carbonyl (C=O) groups is 2. The second-order valence-electron chi connectivity index (χ2n) is 11.3. The molecule has 0 heterocycles. The monoisotopic (exact) mass is 605 g/mol. The molecule has 0 unspecified atom stereocenters. The third-order valence-corrected chi connectivity index (χ3v) is 9.13. The lowest BCUT2D eigenvalue weighted by molar-refractivity contribution is -0.141. The van der Waals surface area contributed by atoms with E-state index in [0.717, 1.165) is 48.6 Å². The first kappa shape index (κ1) is 32.1. The molecule has 3 aromatic carbocycles. The van der Waals surface area contributed by atoms with E-state index in [-0.39, 0.29) is 43.8 Å². The predicted octanol–water partition coefficient (Wildman–Crippen LogP) is 5.25. The molecule has 1 aliphatic carbocycles. The van der Waals surface area contributed by atoms with Crippen LogP contribution in [0.1, 0.15) is 55.2 Å². The summed E-state index contributed by atoms with van der Waals surface area (Å²) >= 11 is 0. The molecule has 1 fully saturated rings. The van der Waals surface area contributed by atoms with Crippen molar-refractivity contribution in [1.29, 1.82) is 0 Å². The van der Waals surface area contributed by atoms with Crippen LogP contribution in [-0.4, -0.2) is 57.1 Å². The van der Waals surface area contributed by atoms with E-state index in [1.807, 2.05) is 61.5 Å². The Bertz CT molecular complexity index is 1450. The van der Waals surface area contributed by atoms with Crippen LogP contribution in [0, 0.1) is 6.92 Å². The Morgan fingerprint density at radius 1 is 0.930 bits per heavy atom. The number of sulfonamides is 1. The van der Waals surface area contributed by atoms with Gasteiger partial charge in [0.2, 0.25) is 21.8 Å². The lowest BCUT2D eigenvalue weighted by atomic mass is 10.0. The number of ether oxygens (including phenoxy) is 1. The fourth-order valence-electron chi connectivity index (χ4n) is 5.63. The zero-order valence-electron chi connectivity index (χ0n) is 25.4. The van der Waals surface area contributed by atoms with Crippen molar-refractivity contribution in [3.8, 4) is 5.75 Å². The highest BCUT2D eigenvalue weighted by atomic mass is 32.2. The number of hydrogen-bond donors (Lipinski definition) is 1. The molecule has 1 saturated carbocycles. The Morgan fingerprint density at radius 2 is 1.58 bits per heavy atom. The van der Waals surface area contributed by atoms with Gasteiger partial charge in [0.15, 0.2) is 0 Å². The van der Waals surface area contributed by atoms with Crippen LogP contribution in [0.5, 0.6) is 5.75 Å². The highest BCUT2D eigenvalue weighted by Gasteiger charge is 2.32. The van der Waals surface area contributed by atoms with Crippen molar-refractivity contribution in [3.63, 3.8) is 0 Å². The van der Waals surface area contributed by atoms with Crippen LogP contribution in [0.3, 0.4) is 0 Å². The summed E-state index contributed by atoms with van der Waals surface area (Å²) in [6.07, 6.45) is 5.94. The molecule has 8 nitrogen and oxygen atoms in total. The first-order valence-electron chi connectivity index (χ1n) is 15.0. The zero-order chi connectivity index (χ0) is 30.8. The highest BCUT2D eigenvalue weighted by Crippen LogP contribution is 2.30. The first-order chi connectivity index (χ1) is 20.7. The van der Waals surface area contributed by atoms with Gasteiger partial charge in [-0.3, -0.25) is 13.9 Å². The molecule has 0 radical (unpaired) electrons. The Balaban J connectivity index is 1.59. The maximum absolute atomic E-state index is 14.0. The third kappa shape index (κ3) is 9.07. The maximum atomic E-state index is 14.0. The van der Waals surface area contributed by atoms with Crippen LogP contribution < -0.4 is 14.4 Å². The molecule has 9 heteroatoms. The van der Waals surface area contributed by atoms with Gasteiger partial charge in [0.25, 0.3) is 0 Å². The summed E-state index contributed by atoms with van der Waals surface area (Å²) in [4.78, 5) is 29.6. The summed E-state index contributed by atoms with van der Waals surface area (Å²) in [5.41, 5.74) is 3.43. The van der Waals surface area contributed by atoms with Gasteiger partial charge in [-0.25, -0.2) is 8.42 Å². The minimum atomic E-state index is -3.64. The van der Waals surface area contributed by atoms with E-state index < -0.39 is 16.1 Å². The summed E-state index contributed by atoms with van der Waals surface area (Å²) < 4.78 is 32.2. The zero-order valence-corrected chi connectivity index (χ0v) is 26.2. The third-order valence-electron chi connectivity index (χ3n) is 7.95.